The second-order valence-electron chi connectivity index (χ2n) is 8.26. The molecule has 3 aromatic rings. The van der Waals surface area contributed by atoms with Crippen LogP contribution in [0.3, 0.4) is 0 Å². The second-order valence-corrected chi connectivity index (χ2v) is 8.26. The van der Waals surface area contributed by atoms with Crippen molar-refractivity contribution in [2.75, 3.05) is 13.1 Å². The molecule has 1 saturated heterocycles. The minimum absolute atomic E-state index is 0.0881. The van der Waals surface area contributed by atoms with E-state index in [2.05, 4.69) is 29.6 Å². The molecule has 0 radical (unpaired) electrons. The standard InChI is InChI=1S/C24H26N2O5/c1-15-19(24(30)31-21-12-18(27)11-20(28)23(15)21)13-22(29)25-17-7-9-26(10-8-17)14-16-5-3-2-4-6-16/h2-6,11-12,17,27-28H,7-10,13-14H2,1H3,(H,25,29)/p+1. The largest absolute Gasteiger partial charge is 0.508 e. The molecular formula is C24H27N2O5+. The fourth-order valence-electron chi connectivity index (χ4n) is 4.39. The van der Waals surface area contributed by atoms with E-state index in [1.165, 1.54) is 22.6 Å². The molecule has 0 spiro atoms. The van der Waals surface area contributed by atoms with Crippen molar-refractivity contribution in [3.63, 3.8) is 0 Å². The molecule has 0 bridgehead atoms. The van der Waals surface area contributed by atoms with Gasteiger partial charge in [0.15, 0.2) is 0 Å². The summed E-state index contributed by atoms with van der Waals surface area (Å²) in [6.45, 7) is 4.62. The summed E-state index contributed by atoms with van der Waals surface area (Å²) in [7, 11) is 0. The van der Waals surface area contributed by atoms with E-state index >= 15 is 0 Å². The Balaban J connectivity index is 1.38. The van der Waals surface area contributed by atoms with Gasteiger partial charge >= 0.3 is 5.63 Å². The highest BCUT2D eigenvalue weighted by atomic mass is 16.4. The molecule has 1 amide bonds. The number of hydrogen-bond donors (Lipinski definition) is 4. The molecule has 0 saturated carbocycles. The van der Waals surface area contributed by atoms with Gasteiger partial charge in [0, 0.05) is 36.6 Å². The first-order valence-corrected chi connectivity index (χ1v) is 10.6. The number of carbonyl (C=O) groups excluding carboxylic acids is 1. The fourth-order valence-corrected chi connectivity index (χ4v) is 4.39. The molecule has 4 N–H and O–H groups in total. The predicted octanol–water partition coefficient (Wildman–Crippen LogP) is 1.42. The van der Waals surface area contributed by atoms with E-state index in [-0.39, 0.29) is 41.0 Å². The first-order chi connectivity index (χ1) is 14.9. The maximum atomic E-state index is 12.6. The summed E-state index contributed by atoms with van der Waals surface area (Å²) >= 11 is 0. The number of aryl methyl sites for hydroxylation is 1. The Labute approximate surface area is 179 Å². The first-order valence-electron chi connectivity index (χ1n) is 10.6. The molecule has 2 heterocycles. The summed E-state index contributed by atoms with van der Waals surface area (Å²) in [5, 5.41) is 23.1. The van der Waals surface area contributed by atoms with Crippen molar-refractivity contribution in [3.05, 3.63) is 69.6 Å². The molecular weight excluding hydrogens is 396 g/mol. The molecule has 1 fully saturated rings. The highest BCUT2D eigenvalue weighted by molar-refractivity contribution is 5.90. The van der Waals surface area contributed by atoms with Crippen molar-refractivity contribution >= 4 is 16.9 Å². The first kappa shape index (κ1) is 20.9. The van der Waals surface area contributed by atoms with Gasteiger partial charge in [0.1, 0.15) is 23.6 Å². The number of aromatic hydroxyl groups is 2. The van der Waals surface area contributed by atoms with Crippen molar-refractivity contribution in [3.8, 4) is 11.5 Å². The third-order valence-corrected chi connectivity index (χ3v) is 6.03. The van der Waals surface area contributed by atoms with Crippen LogP contribution in [0.15, 0.2) is 51.7 Å². The van der Waals surface area contributed by atoms with Crippen LogP contribution in [0.5, 0.6) is 11.5 Å². The zero-order valence-corrected chi connectivity index (χ0v) is 17.5. The SMILES string of the molecule is Cc1c(CC(=O)NC2CC[NH+](Cc3ccccc3)CC2)c(=O)oc2cc(O)cc(O)c12. The topological polar surface area (TPSA) is 104 Å². The number of carbonyl (C=O) groups is 1. The molecule has 2 aromatic carbocycles. The molecule has 1 aromatic heterocycles. The van der Waals surface area contributed by atoms with Crippen molar-refractivity contribution in [1.29, 1.82) is 0 Å². The quantitative estimate of drug-likeness (QED) is 0.465. The number of quaternary nitrogens is 1. The van der Waals surface area contributed by atoms with Gasteiger partial charge in [-0.3, -0.25) is 4.79 Å². The van der Waals surface area contributed by atoms with Crippen LogP contribution in [-0.2, 0) is 17.8 Å². The average molecular weight is 423 g/mol. The van der Waals surface area contributed by atoms with Crippen LogP contribution in [0, 0.1) is 6.92 Å². The smallest absolute Gasteiger partial charge is 0.340 e. The van der Waals surface area contributed by atoms with Crippen LogP contribution in [-0.4, -0.2) is 35.3 Å². The number of rotatable bonds is 5. The molecule has 0 aliphatic carbocycles. The summed E-state index contributed by atoms with van der Waals surface area (Å²) in [5.74, 6) is -0.616. The predicted molar refractivity (Wildman–Crippen MR) is 116 cm³/mol. The van der Waals surface area contributed by atoms with Gasteiger partial charge in [-0.25, -0.2) is 4.79 Å². The number of hydrogen-bond acceptors (Lipinski definition) is 5. The minimum atomic E-state index is -0.632. The summed E-state index contributed by atoms with van der Waals surface area (Å²) in [4.78, 5) is 26.5. The third-order valence-electron chi connectivity index (χ3n) is 6.03. The Morgan fingerprint density at radius 2 is 1.87 bits per heavy atom. The summed E-state index contributed by atoms with van der Waals surface area (Å²) in [6.07, 6.45) is 1.67. The van der Waals surface area contributed by atoms with E-state index < -0.39 is 5.63 Å². The van der Waals surface area contributed by atoms with Crippen LogP contribution >= 0.6 is 0 Å². The molecule has 0 atom stereocenters. The van der Waals surface area contributed by atoms with Crippen molar-refractivity contribution in [1.82, 2.24) is 5.32 Å². The Morgan fingerprint density at radius 1 is 1.16 bits per heavy atom. The zero-order valence-electron chi connectivity index (χ0n) is 17.5. The number of piperidine rings is 1. The van der Waals surface area contributed by atoms with Gasteiger partial charge in [-0.05, 0) is 12.5 Å². The number of nitrogens with one attached hydrogen (secondary N) is 2. The number of benzene rings is 2. The van der Waals surface area contributed by atoms with Gasteiger partial charge in [-0.1, -0.05) is 30.3 Å². The third kappa shape index (κ3) is 4.72. The van der Waals surface area contributed by atoms with Crippen LogP contribution in [0.4, 0.5) is 0 Å². The van der Waals surface area contributed by atoms with Gasteiger partial charge in [-0.2, -0.15) is 0 Å². The molecule has 7 heteroatoms. The molecule has 4 rings (SSSR count). The number of fused-ring (bicyclic) bond motifs is 1. The van der Waals surface area contributed by atoms with Crippen LogP contribution in [0.25, 0.3) is 11.0 Å². The van der Waals surface area contributed by atoms with Gasteiger partial charge in [0.25, 0.3) is 0 Å². The number of likely N-dealkylation sites (tertiary alicyclic amines) is 1. The van der Waals surface area contributed by atoms with E-state index in [1.807, 2.05) is 6.07 Å². The summed E-state index contributed by atoms with van der Waals surface area (Å²) in [5.41, 5.74) is 1.49. The molecule has 162 valence electrons. The lowest BCUT2D eigenvalue weighted by atomic mass is 10.0. The van der Waals surface area contributed by atoms with Crippen LogP contribution in [0.1, 0.15) is 29.5 Å². The normalized spacial score (nSPS) is 18.7. The highest BCUT2D eigenvalue weighted by Crippen LogP contribution is 2.32. The number of phenols is 2. The van der Waals surface area contributed by atoms with E-state index in [1.54, 1.807) is 6.92 Å². The van der Waals surface area contributed by atoms with Crippen LogP contribution in [0.2, 0.25) is 0 Å². The Bertz CT molecular complexity index is 1150. The maximum Gasteiger partial charge on any atom is 0.340 e. The van der Waals surface area contributed by atoms with E-state index in [9.17, 15) is 19.8 Å². The van der Waals surface area contributed by atoms with Crippen molar-refractivity contribution in [2.24, 2.45) is 0 Å². The second kappa shape index (κ2) is 8.81. The molecule has 1 aliphatic heterocycles. The lowest BCUT2D eigenvalue weighted by Gasteiger charge is -2.29. The van der Waals surface area contributed by atoms with Gasteiger partial charge in [0.05, 0.1) is 30.5 Å². The average Bonchev–Trinajstić information content (AvgIpc) is 2.72. The van der Waals surface area contributed by atoms with Crippen molar-refractivity contribution < 1.29 is 24.3 Å². The highest BCUT2D eigenvalue weighted by Gasteiger charge is 2.25. The Kier molecular flexibility index (Phi) is 5.95. The Hall–Kier alpha value is -3.32. The molecule has 31 heavy (non-hydrogen) atoms. The van der Waals surface area contributed by atoms with Crippen LogP contribution < -0.4 is 15.8 Å². The van der Waals surface area contributed by atoms with Gasteiger partial charge in [-0.15, -0.1) is 0 Å². The monoisotopic (exact) mass is 423 g/mol. The number of amides is 1. The Morgan fingerprint density at radius 3 is 2.58 bits per heavy atom. The number of phenolic OH excluding ortho intramolecular Hbond substituents is 2. The van der Waals surface area contributed by atoms with E-state index in [0.29, 0.717) is 10.9 Å². The summed E-state index contributed by atoms with van der Waals surface area (Å²) in [6, 6.07) is 12.9. The van der Waals surface area contributed by atoms with Gasteiger partial charge < -0.3 is 24.8 Å². The van der Waals surface area contributed by atoms with Gasteiger partial charge in [0.2, 0.25) is 5.91 Å². The lowest BCUT2D eigenvalue weighted by Crippen LogP contribution is -3.12. The molecule has 0 unspecified atom stereocenters. The van der Waals surface area contributed by atoms with Crippen molar-refractivity contribution in [2.45, 2.75) is 38.8 Å². The van der Waals surface area contributed by atoms with E-state index in [4.69, 9.17) is 4.42 Å². The maximum absolute atomic E-state index is 12.6. The molecule has 1 aliphatic rings. The minimum Gasteiger partial charge on any atom is -0.508 e. The van der Waals surface area contributed by atoms with E-state index in [0.717, 1.165) is 32.5 Å². The molecule has 7 nitrogen and oxygen atoms in total. The lowest BCUT2D eigenvalue weighted by molar-refractivity contribution is -0.918. The summed E-state index contributed by atoms with van der Waals surface area (Å²) < 4.78 is 5.24. The fraction of sp³-hybridized carbons (Fsp3) is 0.333. The zero-order chi connectivity index (χ0) is 22.0.